The van der Waals surface area contributed by atoms with E-state index < -0.39 is 28.7 Å². The molecule has 3 aliphatic heterocycles. The first-order valence-electron chi connectivity index (χ1n) is 13.2. The number of hydrogen-bond acceptors (Lipinski definition) is 6. The molecule has 0 aromatic heterocycles. The second kappa shape index (κ2) is 13.0. The normalized spacial score (nSPS) is 31.3. The van der Waals surface area contributed by atoms with E-state index >= 15 is 0 Å². The molecule has 0 radical (unpaired) electrons. The maximum absolute atomic E-state index is 14.1. The third-order valence-corrected chi connectivity index (χ3v) is 10.9. The van der Waals surface area contributed by atoms with Gasteiger partial charge < -0.3 is 19.6 Å². The van der Waals surface area contributed by atoms with Crippen LogP contribution in [0.4, 0.5) is 0 Å². The van der Waals surface area contributed by atoms with Gasteiger partial charge in [0, 0.05) is 23.2 Å². The van der Waals surface area contributed by atoms with Crippen LogP contribution in [0, 0.1) is 11.8 Å². The average molecular weight is 586 g/mol. The number of fused-ring (bicyclic) bond motifs is 1. The molecule has 2 bridgehead atoms. The molecule has 1 N–H and O–H groups in total. The van der Waals surface area contributed by atoms with Crippen molar-refractivity contribution in [1.29, 1.82) is 0 Å². The van der Waals surface area contributed by atoms with Crippen molar-refractivity contribution in [3.63, 3.8) is 0 Å². The van der Waals surface area contributed by atoms with E-state index in [2.05, 4.69) is 36.0 Å². The zero-order valence-electron chi connectivity index (χ0n) is 21.6. The summed E-state index contributed by atoms with van der Waals surface area (Å²) < 4.78 is 4.93. The number of carbonyl (C=O) groups excluding carboxylic acids is 3. The highest BCUT2D eigenvalue weighted by molar-refractivity contribution is 9.09. The highest BCUT2D eigenvalue weighted by Crippen LogP contribution is 2.68. The minimum absolute atomic E-state index is 0.00232. The number of halogens is 1. The van der Waals surface area contributed by atoms with Crippen molar-refractivity contribution >= 4 is 45.5 Å². The van der Waals surface area contributed by atoms with E-state index in [1.165, 1.54) is 0 Å². The molecule has 0 aliphatic carbocycles. The van der Waals surface area contributed by atoms with Gasteiger partial charge in [0.15, 0.2) is 0 Å². The molecule has 1 spiro atoms. The van der Waals surface area contributed by atoms with Gasteiger partial charge in [-0.05, 0) is 39.0 Å². The van der Waals surface area contributed by atoms with Gasteiger partial charge in [-0.3, -0.25) is 14.4 Å². The first kappa shape index (κ1) is 29.2. The summed E-state index contributed by atoms with van der Waals surface area (Å²) in [4.78, 5) is 44.8. The summed E-state index contributed by atoms with van der Waals surface area (Å²) in [6, 6.07) is -1.27. The van der Waals surface area contributed by atoms with Gasteiger partial charge in [0.2, 0.25) is 11.8 Å². The molecule has 2 amide bonds. The average Bonchev–Trinajstić information content (AvgIpc) is 3.45. The number of rotatable bonds is 15. The molecule has 9 heteroatoms. The Labute approximate surface area is 228 Å². The number of esters is 1. The van der Waals surface area contributed by atoms with Crippen molar-refractivity contribution in [2.75, 3.05) is 26.3 Å². The summed E-state index contributed by atoms with van der Waals surface area (Å²) in [5.41, 5.74) is 0. The van der Waals surface area contributed by atoms with E-state index in [9.17, 15) is 19.5 Å². The molecule has 3 saturated heterocycles. The number of hydrogen-bond donors (Lipinski definition) is 1. The van der Waals surface area contributed by atoms with Gasteiger partial charge in [-0.2, -0.15) is 0 Å². The molecule has 3 unspecified atom stereocenters. The zero-order chi connectivity index (χ0) is 26.5. The highest BCUT2D eigenvalue weighted by Gasteiger charge is 2.76. The smallest absolute Gasteiger partial charge is 0.310 e. The van der Waals surface area contributed by atoms with E-state index in [4.69, 9.17) is 4.74 Å². The van der Waals surface area contributed by atoms with Crippen LogP contribution in [-0.4, -0.2) is 85.9 Å². The molecule has 36 heavy (non-hydrogen) atoms. The minimum atomic E-state index is -0.737. The monoisotopic (exact) mass is 584 g/mol. The summed E-state index contributed by atoms with van der Waals surface area (Å²) >= 11 is 5.37. The Kier molecular flexibility index (Phi) is 10.5. The number of nitrogens with zero attached hydrogens (tertiary/aromatic N) is 2. The van der Waals surface area contributed by atoms with Crippen molar-refractivity contribution in [2.24, 2.45) is 11.8 Å². The largest absolute Gasteiger partial charge is 0.465 e. The van der Waals surface area contributed by atoms with Crippen molar-refractivity contribution < 1.29 is 24.2 Å². The van der Waals surface area contributed by atoms with Crippen LogP contribution in [0.3, 0.4) is 0 Å². The van der Waals surface area contributed by atoms with Crippen molar-refractivity contribution in [2.45, 2.75) is 85.7 Å². The van der Waals surface area contributed by atoms with Crippen LogP contribution in [0.2, 0.25) is 0 Å². The molecule has 7 atom stereocenters. The second-order valence-electron chi connectivity index (χ2n) is 10.2. The summed E-state index contributed by atoms with van der Waals surface area (Å²) in [7, 11) is 0. The van der Waals surface area contributed by atoms with Gasteiger partial charge in [0.25, 0.3) is 0 Å². The number of unbranched alkanes of at least 4 members (excludes halogenated alkanes) is 4. The number of alkyl halides is 1. The number of allylic oxidation sites excluding steroid dienone is 1. The molecule has 202 valence electrons. The predicted molar refractivity (Wildman–Crippen MR) is 147 cm³/mol. The molecule has 0 saturated carbocycles. The standard InChI is InChI=1S/C27H41BrN2O5S/c1-5-8-10-12-15-35-26(34)20-21-24(32)30(18(4)17-31)23(27(21)16-19(28)22(20)36-27)25(33)29(13-7-3)14-11-9-6-2/h5,7,18-23,31H,1,3,6,8-17H2,2,4H3/t18-,19?,20+,21+,22+,23?,27?/m1/s1. The van der Waals surface area contributed by atoms with Gasteiger partial charge in [0.05, 0.1) is 35.8 Å². The third-order valence-electron chi connectivity index (χ3n) is 7.71. The Morgan fingerprint density at radius 2 is 2.06 bits per heavy atom. The van der Waals surface area contributed by atoms with E-state index in [-0.39, 0.29) is 34.5 Å². The first-order valence-corrected chi connectivity index (χ1v) is 15.0. The van der Waals surface area contributed by atoms with Crippen molar-refractivity contribution in [1.82, 2.24) is 9.80 Å². The first-order chi connectivity index (χ1) is 17.3. The Bertz CT molecular complexity index is 841. The van der Waals surface area contributed by atoms with Gasteiger partial charge in [-0.1, -0.05) is 47.8 Å². The SMILES string of the molecule is C=CCCCCOC(=O)[C@H]1[C@H]2C(=O)N([C@H](C)CO)C(C(=O)N(CC=C)CCCCC)C23CC(Br)[C@@H]1S3. The van der Waals surface area contributed by atoms with Gasteiger partial charge >= 0.3 is 5.97 Å². The lowest BCUT2D eigenvalue weighted by Gasteiger charge is -2.39. The maximum atomic E-state index is 14.1. The molecule has 0 aromatic carbocycles. The zero-order valence-corrected chi connectivity index (χ0v) is 24.0. The Morgan fingerprint density at radius 3 is 2.69 bits per heavy atom. The molecule has 3 rings (SSSR count). The van der Waals surface area contributed by atoms with E-state index in [1.807, 2.05) is 6.08 Å². The highest BCUT2D eigenvalue weighted by atomic mass is 79.9. The molecule has 3 aliphatic rings. The number of likely N-dealkylation sites (tertiary alicyclic amines) is 1. The lowest BCUT2D eigenvalue weighted by molar-refractivity contribution is -0.154. The number of carbonyl (C=O) groups is 3. The van der Waals surface area contributed by atoms with Crippen molar-refractivity contribution in [3.05, 3.63) is 25.3 Å². The maximum Gasteiger partial charge on any atom is 0.310 e. The molecular weight excluding hydrogens is 544 g/mol. The van der Waals surface area contributed by atoms with Gasteiger partial charge in [0.1, 0.15) is 6.04 Å². The third kappa shape index (κ3) is 5.44. The fourth-order valence-electron chi connectivity index (χ4n) is 6.01. The Hall–Kier alpha value is -1.32. The number of ether oxygens (including phenoxy) is 1. The van der Waals surface area contributed by atoms with Gasteiger partial charge in [-0.15, -0.1) is 24.9 Å². The van der Waals surface area contributed by atoms with Crippen molar-refractivity contribution in [3.8, 4) is 0 Å². The molecule has 3 fully saturated rings. The fourth-order valence-corrected chi connectivity index (χ4v) is 9.59. The number of aliphatic hydroxyl groups excluding tert-OH is 1. The summed E-state index contributed by atoms with van der Waals surface area (Å²) in [6.07, 6.45) is 9.60. The molecular formula is C27H41BrN2O5S. The lowest BCUT2D eigenvalue weighted by atomic mass is 9.71. The summed E-state index contributed by atoms with van der Waals surface area (Å²) in [5.74, 6) is -1.94. The lowest BCUT2D eigenvalue weighted by Crippen LogP contribution is -2.57. The second-order valence-corrected chi connectivity index (χ2v) is 12.9. The van der Waals surface area contributed by atoms with Crippen LogP contribution in [0.1, 0.15) is 58.8 Å². The minimum Gasteiger partial charge on any atom is -0.465 e. The molecule has 3 heterocycles. The van der Waals surface area contributed by atoms with Crippen LogP contribution in [0.15, 0.2) is 25.3 Å². The Balaban J connectivity index is 1.92. The van der Waals surface area contributed by atoms with Crippen LogP contribution < -0.4 is 0 Å². The number of aliphatic hydroxyl groups is 1. The van der Waals surface area contributed by atoms with E-state index in [0.29, 0.717) is 26.1 Å². The van der Waals surface area contributed by atoms with Crippen LogP contribution in [0.5, 0.6) is 0 Å². The topological polar surface area (TPSA) is 87.1 Å². The van der Waals surface area contributed by atoms with E-state index in [0.717, 1.165) is 38.5 Å². The van der Waals surface area contributed by atoms with Gasteiger partial charge in [-0.25, -0.2) is 0 Å². The Morgan fingerprint density at radius 1 is 1.31 bits per heavy atom. The fraction of sp³-hybridized carbons (Fsp3) is 0.741. The van der Waals surface area contributed by atoms with Crippen LogP contribution in [0.25, 0.3) is 0 Å². The predicted octanol–water partition coefficient (Wildman–Crippen LogP) is 3.94. The quantitative estimate of drug-likeness (QED) is 0.136. The van der Waals surface area contributed by atoms with Crippen LogP contribution >= 0.6 is 27.7 Å². The van der Waals surface area contributed by atoms with Crippen LogP contribution in [-0.2, 0) is 19.1 Å². The molecule has 7 nitrogen and oxygen atoms in total. The number of thioether (sulfide) groups is 1. The summed E-state index contributed by atoms with van der Waals surface area (Å²) in [5, 5.41) is 9.89. The molecule has 0 aromatic rings. The number of amides is 2. The van der Waals surface area contributed by atoms with E-state index in [1.54, 1.807) is 34.6 Å². The summed E-state index contributed by atoms with van der Waals surface area (Å²) in [6.45, 7) is 12.5.